The molecule has 0 fully saturated rings. The number of hydrogen-bond acceptors (Lipinski definition) is 3. The third kappa shape index (κ3) is 2.75. The van der Waals surface area contributed by atoms with Crippen LogP contribution in [0.1, 0.15) is 24.0 Å². The molecule has 0 aliphatic carbocycles. The molecule has 1 heterocycles. The minimum atomic E-state index is 0.360. The van der Waals surface area contributed by atoms with E-state index in [-0.39, 0.29) is 0 Å². The molecular weight excluding hydrogens is 270 g/mol. The molecule has 0 saturated carbocycles. The second kappa shape index (κ2) is 5.66. The molecule has 0 saturated heterocycles. The molecule has 0 bridgehead atoms. The molecule has 0 atom stereocenters. The number of hydrogen-bond donors (Lipinski definition) is 1. The van der Waals surface area contributed by atoms with Crippen LogP contribution in [0.5, 0.6) is 5.75 Å². The van der Waals surface area contributed by atoms with Crippen molar-refractivity contribution in [2.75, 3.05) is 13.3 Å². The average Bonchev–Trinajstić information content (AvgIpc) is 2.29. The van der Waals surface area contributed by atoms with Crippen molar-refractivity contribution < 1.29 is 9.47 Å². The van der Waals surface area contributed by atoms with Gasteiger partial charge < -0.3 is 15.2 Å². The highest BCUT2D eigenvalue weighted by Crippen LogP contribution is 2.32. The molecule has 16 heavy (non-hydrogen) atoms. The van der Waals surface area contributed by atoms with E-state index < -0.39 is 0 Å². The molecule has 0 spiro atoms. The summed E-state index contributed by atoms with van der Waals surface area (Å²) in [6.45, 7) is 1.75. The van der Waals surface area contributed by atoms with Crippen LogP contribution in [-0.2, 0) is 17.8 Å². The van der Waals surface area contributed by atoms with Crippen molar-refractivity contribution in [3.63, 3.8) is 0 Å². The van der Waals surface area contributed by atoms with Crippen LogP contribution >= 0.6 is 15.9 Å². The lowest BCUT2D eigenvalue weighted by atomic mass is 10.0. The van der Waals surface area contributed by atoms with Crippen molar-refractivity contribution >= 4 is 15.9 Å². The van der Waals surface area contributed by atoms with Gasteiger partial charge >= 0.3 is 0 Å². The normalized spacial score (nSPS) is 14.4. The van der Waals surface area contributed by atoms with Gasteiger partial charge in [0.25, 0.3) is 0 Å². The topological polar surface area (TPSA) is 44.5 Å². The highest BCUT2D eigenvalue weighted by molar-refractivity contribution is 9.10. The van der Waals surface area contributed by atoms with Crippen LogP contribution < -0.4 is 10.5 Å². The second-order valence-corrected chi connectivity index (χ2v) is 4.83. The van der Waals surface area contributed by atoms with E-state index in [1.165, 1.54) is 5.56 Å². The predicted molar refractivity (Wildman–Crippen MR) is 66.4 cm³/mol. The molecule has 1 aromatic carbocycles. The van der Waals surface area contributed by atoms with Gasteiger partial charge in [0.05, 0.1) is 6.61 Å². The Bertz CT molecular complexity index is 368. The first-order valence-electron chi connectivity index (χ1n) is 5.53. The number of benzene rings is 1. The van der Waals surface area contributed by atoms with E-state index in [9.17, 15) is 0 Å². The van der Waals surface area contributed by atoms with Gasteiger partial charge in [0.2, 0.25) is 0 Å². The molecule has 2 N–H and O–H groups in total. The highest BCUT2D eigenvalue weighted by Gasteiger charge is 2.15. The third-order valence-corrected chi connectivity index (χ3v) is 3.11. The summed E-state index contributed by atoms with van der Waals surface area (Å²) in [5.41, 5.74) is 7.88. The monoisotopic (exact) mass is 285 g/mol. The molecule has 4 heteroatoms. The number of fused-ring (bicyclic) bond motifs is 1. The number of aryl methyl sites for hydroxylation is 1. The fraction of sp³-hybridized carbons (Fsp3) is 0.500. The minimum absolute atomic E-state index is 0.360. The zero-order valence-electron chi connectivity index (χ0n) is 9.17. The van der Waals surface area contributed by atoms with Crippen LogP contribution in [0, 0.1) is 0 Å². The SMILES string of the molecule is NCCCCc1cc(Br)cc2c1OCOC2. The van der Waals surface area contributed by atoms with Crippen LogP contribution in [0.3, 0.4) is 0 Å². The first kappa shape index (κ1) is 11.9. The Kier molecular flexibility index (Phi) is 4.21. The van der Waals surface area contributed by atoms with Gasteiger partial charge in [-0.3, -0.25) is 0 Å². The standard InChI is InChI=1S/C12H16BrNO2/c13-11-5-9(3-1-2-4-14)12-10(6-11)7-15-8-16-12/h5-6H,1-4,7-8,14H2. The van der Waals surface area contributed by atoms with Crippen molar-refractivity contribution in [1.29, 1.82) is 0 Å². The van der Waals surface area contributed by atoms with Gasteiger partial charge in [-0.05, 0) is 43.5 Å². The number of halogens is 1. The predicted octanol–water partition coefficient (Wildman–Crippen LogP) is 2.60. The maximum atomic E-state index is 5.57. The third-order valence-electron chi connectivity index (χ3n) is 2.65. The molecule has 0 aromatic heterocycles. The molecule has 1 aliphatic heterocycles. The summed E-state index contributed by atoms with van der Waals surface area (Å²) in [6.07, 6.45) is 3.17. The summed E-state index contributed by atoms with van der Waals surface area (Å²) in [5, 5.41) is 0. The number of rotatable bonds is 4. The van der Waals surface area contributed by atoms with Crippen molar-refractivity contribution in [2.24, 2.45) is 5.73 Å². The smallest absolute Gasteiger partial charge is 0.189 e. The van der Waals surface area contributed by atoms with Crippen LogP contribution in [0.4, 0.5) is 0 Å². The van der Waals surface area contributed by atoms with Crippen molar-refractivity contribution in [3.05, 3.63) is 27.7 Å². The van der Waals surface area contributed by atoms with Gasteiger partial charge in [-0.1, -0.05) is 15.9 Å². The van der Waals surface area contributed by atoms with Gasteiger partial charge in [-0.15, -0.1) is 0 Å². The second-order valence-electron chi connectivity index (χ2n) is 3.91. The van der Waals surface area contributed by atoms with E-state index in [1.54, 1.807) is 0 Å². The maximum Gasteiger partial charge on any atom is 0.189 e. The zero-order valence-corrected chi connectivity index (χ0v) is 10.8. The molecule has 1 aromatic rings. The summed E-state index contributed by atoms with van der Waals surface area (Å²) >= 11 is 3.51. The fourth-order valence-corrected chi connectivity index (χ4v) is 2.45. The maximum absolute atomic E-state index is 5.57. The molecule has 0 amide bonds. The lowest BCUT2D eigenvalue weighted by Gasteiger charge is -2.21. The molecule has 3 nitrogen and oxygen atoms in total. The van der Waals surface area contributed by atoms with E-state index in [4.69, 9.17) is 15.2 Å². The zero-order chi connectivity index (χ0) is 11.4. The number of ether oxygens (including phenoxy) is 2. The number of nitrogens with two attached hydrogens (primary N) is 1. The first-order chi connectivity index (χ1) is 7.81. The molecule has 88 valence electrons. The van der Waals surface area contributed by atoms with Crippen LogP contribution in [-0.4, -0.2) is 13.3 Å². The minimum Gasteiger partial charge on any atom is -0.467 e. The Balaban J connectivity index is 2.18. The van der Waals surface area contributed by atoms with Crippen molar-refractivity contribution in [1.82, 2.24) is 0 Å². The Labute approximate surface area is 104 Å². The number of unbranched alkanes of at least 4 members (excludes halogenated alkanes) is 1. The Morgan fingerprint density at radius 2 is 2.19 bits per heavy atom. The average molecular weight is 286 g/mol. The van der Waals surface area contributed by atoms with Crippen LogP contribution in [0.25, 0.3) is 0 Å². The van der Waals surface area contributed by atoms with Crippen molar-refractivity contribution in [3.8, 4) is 5.75 Å². The Hall–Kier alpha value is -0.580. The fourth-order valence-electron chi connectivity index (χ4n) is 1.90. The largest absolute Gasteiger partial charge is 0.467 e. The summed E-state index contributed by atoms with van der Waals surface area (Å²) in [7, 11) is 0. The summed E-state index contributed by atoms with van der Waals surface area (Å²) in [4.78, 5) is 0. The lowest BCUT2D eigenvalue weighted by molar-refractivity contribution is -0.0171. The quantitative estimate of drug-likeness (QED) is 0.865. The Morgan fingerprint density at radius 1 is 1.31 bits per heavy atom. The molecule has 0 radical (unpaired) electrons. The van der Waals surface area contributed by atoms with Gasteiger partial charge in [0, 0.05) is 10.0 Å². The van der Waals surface area contributed by atoms with E-state index in [0.717, 1.165) is 41.6 Å². The van der Waals surface area contributed by atoms with Crippen molar-refractivity contribution in [2.45, 2.75) is 25.9 Å². The van der Waals surface area contributed by atoms with Gasteiger partial charge in [-0.2, -0.15) is 0 Å². The lowest BCUT2D eigenvalue weighted by Crippen LogP contribution is -2.13. The van der Waals surface area contributed by atoms with E-state index >= 15 is 0 Å². The summed E-state index contributed by atoms with van der Waals surface area (Å²) in [6, 6.07) is 4.18. The molecule has 1 aliphatic rings. The highest BCUT2D eigenvalue weighted by atomic mass is 79.9. The summed E-state index contributed by atoms with van der Waals surface area (Å²) < 4.78 is 11.9. The molecule has 2 rings (SSSR count). The molecule has 0 unspecified atom stereocenters. The van der Waals surface area contributed by atoms with Gasteiger partial charge in [0.1, 0.15) is 5.75 Å². The molecular formula is C12H16BrNO2. The van der Waals surface area contributed by atoms with E-state index in [2.05, 4.69) is 28.1 Å². The van der Waals surface area contributed by atoms with Crippen LogP contribution in [0.15, 0.2) is 16.6 Å². The summed E-state index contributed by atoms with van der Waals surface area (Å²) in [5.74, 6) is 1.01. The first-order valence-corrected chi connectivity index (χ1v) is 6.32. The van der Waals surface area contributed by atoms with Gasteiger partial charge in [-0.25, -0.2) is 0 Å². The van der Waals surface area contributed by atoms with E-state index in [0.29, 0.717) is 13.4 Å². The van der Waals surface area contributed by atoms with E-state index in [1.807, 2.05) is 0 Å². The Morgan fingerprint density at radius 3 is 3.00 bits per heavy atom. The van der Waals surface area contributed by atoms with Crippen LogP contribution in [0.2, 0.25) is 0 Å². The van der Waals surface area contributed by atoms with Gasteiger partial charge in [0.15, 0.2) is 6.79 Å².